The van der Waals surface area contributed by atoms with Crippen LogP contribution in [0.3, 0.4) is 0 Å². The normalized spacial score (nSPS) is 30.1. The van der Waals surface area contributed by atoms with E-state index in [1.807, 2.05) is 0 Å². The molecule has 1 aliphatic carbocycles. The zero-order chi connectivity index (χ0) is 13.8. The minimum atomic E-state index is 0.207. The van der Waals surface area contributed by atoms with Crippen LogP contribution < -0.4 is 4.74 Å². The third kappa shape index (κ3) is 2.92. The number of fused-ring (bicyclic) bond motifs is 1. The zero-order valence-electron chi connectivity index (χ0n) is 11.5. The minimum Gasteiger partial charge on any atom is -0.463 e. The first-order valence-corrected chi connectivity index (χ1v) is 7.25. The monoisotopic (exact) mass is 279 g/mol. The summed E-state index contributed by atoms with van der Waals surface area (Å²) in [4.78, 5) is 10.5. The Kier molecular flexibility index (Phi) is 4.44. The Bertz CT molecular complexity index is 415. The molecule has 1 saturated heterocycles. The highest BCUT2D eigenvalue weighted by Gasteiger charge is 2.42. The number of hydrogen-bond donors (Lipinski definition) is 1. The lowest BCUT2D eigenvalue weighted by Crippen LogP contribution is -2.51. The summed E-state index contributed by atoms with van der Waals surface area (Å²) in [5.74, 6) is 0.380. The number of β-amino-alcohol motifs (C(OH)–C–C–N with tert-alkyl or cyclic N) is 1. The highest BCUT2D eigenvalue weighted by Crippen LogP contribution is 2.34. The van der Waals surface area contributed by atoms with Gasteiger partial charge in [0.05, 0.1) is 25.9 Å². The van der Waals surface area contributed by atoms with Crippen molar-refractivity contribution in [1.29, 1.82) is 0 Å². The molecule has 6 nitrogen and oxygen atoms in total. The number of rotatable bonds is 5. The molecule has 110 valence electrons. The van der Waals surface area contributed by atoms with Crippen LogP contribution in [-0.4, -0.2) is 65.0 Å². The maximum atomic E-state index is 9.13. The molecule has 0 spiro atoms. The molecule has 1 N–H and O–H groups in total. The van der Waals surface area contributed by atoms with Crippen molar-refractivity contribution in [1.82, 2.24) is 14.9 Å². The van der Waals surface area contributed by atoms with Gasteiger partial charge in [0.15, 0.2) is 0 Å². The third-order valence-electron chi connectivity index (χ3n) is 4.19. The fourth-order valence-electron chi connectivity index (χ4n) is 3.26. The van der Waals surface area contributed by atoms with Gasteiger partial charge in [-0.25, -0.2) is 9.97 Å². The Balaban J connectivity index is 1.56. The maximum absolute atomic E-state index is 9.13. The Hall–Kier alpha value is -1.24. The van der Waals surface area contributed by atoms with Crippen molar-refractivity contribution < 1.29 is 14.6 Å². The van der Waals surface area contributed by atoms with Crippen molar-refractivity contribution in [2.45, 2.75) is 25.0 Å². The molecule has 0 radical (unpaired) electrons. The van der Waals surface area contributed by atoms with Crippen molar-refractivity contribution in [2.24, 2.45) is 5.92 Å². The second kappa shape index (κ2) is 6.47. The van der Waals surface area contributed by atoms with Crippen LogP contribution in [0, 0.1) is 5.92 Å². The zero-order valence-corrected chi connectivity index (χ0v) is 11.5. The fraction of sp³-hybridized carbons (Fsp3) is 0.714. The Labute approximate surface area is 118 Å². The quantitative estimate of drug-likeness (QED) is 0.837. The molecule has 2 aliphatic rings. The van der Waals surface area contributed by atoms with Gasteiger partial charge in [-0.1, -0.05) is 0 Å². The maximum Gasteiger partial charge on any atom is 0.316 e. The van der Waals surface area contributed by atoms with Crippen molar-refractivity contribution in [3.63, 3.8) is 0 Å². The van der Waals surface area contributed by atoms with Crippen LogP contribution in [0.2, 0.25) is 0 Å². The van der Waals surface area contributed by atoms with E-state index in [9.17, 15) is 0 Å². The van der Waals surface area contributed by atoms with Crippen LogP contribution in [0.15, 0.2) is 18.5 Å². The highest BCUT2D eigenvalue weighted by molar-refractivity contribution is 4.97. The van der Waals surface area contributed by atoms with E-state index in [4.69, 9.17) is 14.6 Å². The lowest BCUT2D eigenvalue weighted by Gasteiger charge is -2.38. The van der Waals surface area contributed by atoms with E-state index in [0.29, 0.717) is 24.6 Å². The average Bonchev–Trinajstić information content (AvgIpc) is 2.91. The summed E-state index contributed by atoms with van der Waals surface area (Å²) in [5, 5.41) is 9.13. The van der Waals surface area contributed by atoms with Crippen LogP contribution >= 0.6 is 0 Å². The summed E-state index contributed by atoms with van der Waals surface area (Å²) in [5.41, 5.74) is 0. The smallest absolute Gasteiger partial charge is 0.316 e. The van der Waals surface area contributed by atoms with Gasteiger partial charge >= 0.3 is 6.01 Å². The van der Waals surface area contributed by atoms with E-state index in [2.05, 4.69) is 14.9 Å². The highest BCUT2D eigenvalue weighted by atomic mass is 16.5. The number of hydrogen-bond acceptors (Lipinski definition) is 6. The summed E-state index contributed by atoms with van der Waals surface area (Å²) in [6.45, 7) is 3.19. The summed E-state index contributed by atoms with van der Waals surface area (Å²) in [6, 6.07) is 2.62. The molecule has 1 saturated carbocycles. The molecule has 1 aliphatic heterocycles. The van der Waals surface area contributed by atoms with Crippen molar-refractivity contribution >= 4 is 0 Å². The second-order valence-corrected chi connectivity index (χ2v) is 5.34. The fourth-order valence-corrected chi connectivity index (χ4v) is 3.26. The van der Waals surface area contributed by atoms with Crippen molar-refractivity contribution in [2.75, 3.05) is 32.9 Å². The molecule has 1 aromatic heterocycles. The Morgan fingerprint density at radius 3 is 3.00 bits per heavy atom. The molecule has 3 atom stereocenters. The molecular weight excluding hydrogens is 258 g/mol. The van der Waals surface area contributed by atoms with Gasteiger partial charge in [-0.05, 0) is 18.9 Å². The average molecular weight is 279 g/mol. The van der Waals surface area contributed by atoms with E-state index in [1.54, 1.807) is 18.5 Å². The van der Waals surface area contributed by atoms with Crippen LogP contribution in [0.1, 0.15) is 12.8 Å². The molecule has 3 rings (SSSR count). The molecule has 20 heavy (non-hydrogen) atoms. The first-order valence-electron chi connectivity index (χ1n) is 7.25. The lowest BCUT2D eigenvalue weighted by molar-refractivity contribution is -0.0818. The van der Waals surface area contributed by atoms with Gasteiger partial charge in [0, 0.05) is 37.4 Å². The first-order chi connectivity index (χ1) is 9.88. The van der Waals surface area contributed by atoms with E-state index < -0.39 is 0 Å². The second-order valence-electron chi connectivity index (χ2n) is 5.34. The SMILES string of the molecule is OCCN1CCOC2C(COc3ncccn3)CCC21. The van der Waals surface area contributed by atoms with Crippen molar-refractivity contribution in [3.05, 3.63) is 18.5 Å². The molecule has 3 unspecified atom stereocenters. The summed E-state index contributed by atoms with van der Waals surface area (Å²) in [7, 11) is 0. The van der Waals surface area contributed by atoms with Gasteiger partial charge in [-0.15, -0.1) is 0 Å². The van der Waals surface area contributed by atoms with Crippen LogP contribution in [0.5, 0.6) is 6.01 Å². The number of aromatic nitrogens is 2. The van der Waals surface area contributed by atoms with Crippen LogP contribution in [0.25, 0.3) is 0 Å². The number of morpholine rings is 1. The summed E-state index contributed by atoms with van der Waals surface area (Å²) >= 11 is 0. The van der Waals surface area contributed by atoms with E-state index in [0.717, 1.165) is 32.5 Å². The molecule has 0 amide bonds. The van der Waals surface area contributed by atoms with Gasteiger partial charge in [-0.2, -0.15) is 0 Å². The summed E-state index contributed by atoms with van der Waals surface area (Å²) in [6.07, 6.45) is 5.76. The summed E-state index contributed by atoms with van der Waals surface area (Å²) < 4.78 is 11.6. The van der Waals surface area contributed by atoms with Gasteiger partial charge in [0.1, 0.15) is 0 Å². The van der Waals surface area contributed by atoms with Gasteiger partial charge < -0.3 is 14.6 Å². The molecule has 6 heteroatoms. The molecule has 2 fully saturated rings. The van der Waals surface area contributed by atoms with E-state index >= 15 is 0 Å². The topological polar surface area (TPSA) is 67.7 Å². The number of nitrogens with zero attached hydrogens (tertiary/aromatic N) is 3. The van der Waals surface area contributed by atoms with Gasteiger partial charge in [0.25, 0.3) is 0 Å². The van der Waals surface area contributed by atoms with Gasteiger partial charge in [0.2, 0.25) is 0 Å². The number of ether oxygens (including phenoxy) is 2. The molecule has 2 heterocycles. The number of aliphatic hydroxyl groups is 1. The van der Waals surface area contributed by atoms with Gasteiger partial charge in [-0.3, -0.25) is 4.90 Å². The Morgan fingerprint density at radius 1 is 1.35 bits per heavy atom. The molecular formula is C14H21N3O3. The van der Waals surface area contributed by atoms with Crippen molar-refractivity contribution in [3.8, 4) is 6.01 Å². The first kappa shape index (κ1) is 13.7. The standard InChI is InChI=1S/C14H21N3O3/c18-8-6-17-7-9-19-13-11(2-3-12(13)17)10-20-14-15-4-1-5-16-14/h1,4-5,11-13,18H,2-3,6-10H2. The molecule has 0 bridgehead atoms. The molecule has 0 aromatic carbocycles. The predicted octanol–water partition coefficient (Wildman–Crippen LogP) is 0.327. The largest absolute Gasteiger partial charge is 0.463 e. The van der Waals surface area contributed by atoms with E-state index in [1.165, 1.54) is 0 Å². The Morgan fingerprint density at radius 2 is 2.20 bits per heavy atom. The lowest BCUT2D eigenvalue weighted by atomic mass is 10.0. The van der Waals surface area contributed by atoms with Crippen LogP contribution in [0.4, 0.5) is 0 Å². The van der Waals surface area contributed by atoms with Crippen LogP contribution in [-0.2, 0) is 4.74 Å². The predicted molar refractivity (Wildman–Crippen MR) is 72.4 cm³/mol. The third-order valence-corrected chi connectivity index (χ3v) is 4.19. The number of aliphatic hydroxyl groups excluding tert-OH is 1. The van der Waals surface area contributed by atoms with E-state index in [-0.39, 0.29) is 12.7 Å². The molecule has 1 aromatic rings. The minimum absolute atomic E-state index is 0.207.